The van der Waals surface area contributed by atoms with Gasteiger partial charge in [-0.1, -0.05) is 12.2 Å². The second kappa shape index (κ2) is 5.24. The average molecular weight is 194 g/mol. The van der Waals surface area contributed by atoms with Gasteiger partial charge in [0.25, 0.3) is 6.01 Å². The molecule has 4 heteroatoms. The molecule has 0 fully saturated rings. The summed E-state index contributed by atoms with van der Waals surface area (Å²) in [6, 6.07) is 0.480. The fraction of sp³-hybridized carbons (Fsp3) is 0.300. The SMILES string of the molecule is C=CCN(CC=C)c1nc(CO)co1. The molecule has 0 aliphatic rings. The van der Waals surface area contributed by atoms with Crippen LogP contribution in [0.5, 0.6) is 0 Å². The van der Waals surface area contributed by atoms with Crippen LogP contribution in [0.15, 0.2) is 36.0 Å². The molecule has 0 aliphatic heterocycles. The van der Waals surface area contributed by atoms with Crippen molar-refractivity contribution in [2.45, 2.75) is 6.61 Å². The van der Waals surface area contributed by atoms with E-state index >= 15 is 0 Å². The Morgan fingerprint density at radius 2 is 2.07 bits per heavy atom. The van der Waals surface area contributed by atoms with Crippen molar-refractivity contribution in [3.05, 3.63) is 37.3 Å². The molecule has 0 atom stereocenters. The van der Waals surface area contributed by atoms with Crippen molar-refractivity contribution in [3.8, 4) is 0 Å². The van der Waals surface area contributed by atoms with Crippen molar-refractivity contribution >= 4 is 6.01 Å². The topological polar surface area (TPSA) is 49.5 Å². The second-order valence-electron chi connectivity index (χ2n) is 2.76. The van der Waals surface area contributed by atoms with Crippen molar-refractivity contribution in [1.29, 1.82) is 0 Å². The zero-order valence-electron chi connectivity index (χ0n) is 8.02. The molecule has 0 unspecified atom stereocenters. The van der Waals surface area contributed by atoms with Gasteiger partial charge in [0.1, 0.15) is 12.0 Å². The predicted octanol–water partition coefficient (Wildman–Crippen LogP) is 1.35. The Balaban J connectivity index is 2.75. The van der Waals surface area contributed by atoms with Crippen LogP contribution in [0.4, 0.5) is 6.01 Å². The Morgan fingerprint density at radius 3 is 2.50 bits per heavy atom. The molecule has 0 saturated carbocycles. The largest absolute Gasteiger partial charge is 0.432 e. The summed E-state index contributed by atoms with van der Waals surface area (Å²) in [6.07, 6.45) is 4.95. The van der Waals surface area contributed by atoms with Gasteiger partial charge < -0.3 is 14.4 Å². The monoisotopic (exact) mass is 194 g/mol. The first-order chi connectivity index (χ1) is 6.81. The van der Waals surface area contributed by atoms with Gasteiger partial charge in [0.2, 0.25) is 0 Å². The Hall–Kier alpha value is -1.55. The quantitative estimate of drug-likeness (QED) is 0.694. The third-order valence-electron chi connectivity index (χ3n) is 1.67. The lowest BCUT2D eigenvalue weighted by Gasteiger charge is -2.15. The zero-order chi connectivity index (χ0) is 10.4. The van der Waals surface area contributed by atoms with Crippen molar-refractivity contribution in [3.63, 3.8) is 0 Å². The minimum absolute atomic E-state index is 0.112. The molecule has 0 spiro atoms. The Kier molecular flexibility index (Phi) is 3.94. The molecular formula is C10H14N2O2. The normalized spacial score (nSPS) is 9.79. The first-order valence-corrected chi connectivity index (χ1v) is 4.33. The molecule has 0 bridgehead atoms. The van der Waals surface area contributed by atoms with Crippen LogP contribution in [0, 0.1) is 0 Å². The number of aliphatic hydroxyl groups is 1. The number of oxazole rings is 1. The van der Waals surface area contributed by atoms with Gasteiger partial charge in [0.05, 0.1) is 6.61 Å². The molecule has 0 amide bonds. The lowest BCUT2D eigenvalue weighted by atomic mass is 10.5. The van der Waals surface area contributed by atoms with E-state index in [1.807, 2.05) is 4.90 Å². The van der Waals surface area contributed by atoms with Gasteiger partial charge in [-0.3, -0.25) is 0 Å². The summed E-state index contributed by atoms with van der Waals surface area (Å²) in [5.74, 6) is 0. The van der Waals surface area contributed by atoms with Gasteiger partial charge in [-0.05, 0) is 0 Å². The van der Waals surface area contributed by atoms with Gasteiger partial charge in [-0.25, -0.2) is 0 Å². The summed E-state index contributed by atoms with van der Waals surface area (Å²) in [6.45, 7) is 8.44. The van der Waals surface area contributed by atoms with E-state index in [-0.39, 0.29) is 6.61 Å². The van der Waals surface area contributed by atoms with E-state index in [2.05, 4.69) is 18.1 Å². The van der Waals surface area contributed by atoms with Crippen LogP contribution in [0.1, 0.15) is 5.69 Å². The maximum Gasteiger partial charge on any atom is 0.298 e. The highest BCUT2D eigenvalue weighted by atomic mass is 16.4. The molecule has 1 N–H and O–H groups in total. The van der Waals surface area contributed by atoms with E-state index in [4.69, 9.17) is 9.52 Å². The van der Waals surface area contributed by atoms with Crippen molar-refractivity contribution in [1.82, 2.24) is 4.98 Å². The molecule has 76 valence electrons. The lowest BCUT2D eigenvalue weighted by Crippen LogP contribution is -2.23. The molecule has 1 heterocycles. The molecule has 4 nitrogen and oxygen atoms in total. The van der Waals surface area contributed by atoms with E-state index < -0.39 is 0 Å². The number of anilines is 1. The molecular weight excluding hydrogens is 180 g/mol. The molecule has 0 saturated heterocycles. The molecule has 14 heavy (non-hydrogen) atoms. The molecule has 1 aromatic rings. The Bertz CT molecular complexity index is 297. The fourth-order valence-corrected chi connectivity index (χ4v) is 1.06. The average Bonchev–Trinajstić information content (AvgIpc) is 2.65. The third-order valence-corrected chi connectivity index (χ3v) is 1.67. The third kappa shape index (κ3) is 2.47. The summed E-state index contributed by atoms with van der Waals surface area (Å²) in [7, 11) is 0. The van der Waals surface area contributed by atoms with E-state index in [9.17, 15) is 0 Å². The van der Waals surface area contributed by atoms with Crippen LogP contribution in [-0.2, 0) is 6.61 Å². The summed E-state index contributed by atoms with van der Waals surface area (Å²) in [4.78, 5) is 5.94. The molecule has 1 aromatic heterocycles. The number of rotatable bonds is 6. The van der Waals surface area contributed by atoms with Gasteiger partial charge >= 0.3 is 0 Å². The highest BCUT2D eigenvalue weighted by Gasteiger charge is 2.09. The smallest absolute Gasteiger partial charge is 0.298 e. The van der Waals surface area contributed by atoms with Crippen LogP contribution in [0.3, 0.4) is 0 Å². The van der Waals surface area contributed by atoms with Crippen molar-refractivity contribution < 1.29 is 9.52 Å². The fourth-order valence-electron chi connectivity index (χ4n) is 1.06. The van der Waals surface area contributed by atoms with Crippen LogP contribution in [0.2, 0.25) is 0 Å². The minimum atomic E-state index is -0.112. The van der Waals surface area contributed by atoms with Crippen molar-refractivity contribution in [2.24, 2.45) is 0 Å². The van der Waals surface area contributed by atoms with Crippen LogP contribution in [0.25, 0.3) is 0 Å². The maximum atomic E-state index is 8.81. The minimum Gasteiger partial charge on any atom is -0.432 e. The van der Waals surface area contributed by atoms with Gasteiger partial charge in [0, 0.05) is 13.1 Å². The number of nitrogens with zero attached hydrogens (tertiary/aromatic N) is 2. The predicted molar refractivity (Wildman–Crippen MR) is 55.0 cm³/mol. The number of hydrogen-bond donors (Lipinski definition) is 1. The first kappa shape index (κ1) is 10.5. The zero-order valence-corrected chi connectivity index (χ0v) is 8.02. The van der Waals surface area contributed by atoms with Crippen LogP contribution < -0.4 is 4.90 Å². The van der Waals surface area contributed by atoms with E-state index in [1.165, 1.54) is 6.26 Å². The summed E-state index contributed by atoms with van der Waals surface area (Å²) >= 11 is 0. The standard InChI is InChI=1S/C10H14N2O2/c1-3-5-12(6-4-2)10-11-9(7-13)8-14-10/h3-4,8,13H,1-2,5-7H2. The lowest BCUT2D eigenvalue weighted by molar-refractivity contribution is 0.276. The van der Waals surface area contributed by atoms with Gasteiger partial charge in [0.15, 0.2) is 0 Å². The first-order valence-electron chi connectivity index (χ1n) is 4.33. The summed E-state index contributed by atoms with van der Waals surface area (Å²) in [5, 5.41) is 8.81. The van der Waals surface area contributed by atoms with Crippen molar-refractivity contribution in [2.75, 3.05) is 18.0 Å². The second-order valence-corrected chi connectivity index (χ2v) is 2.76. The van der Waals surface area contributed by atoms with Crippen LogP contribution >= 0.6 is 0 Å². The van der Waals surface area contributed by atoms with Gasteiger partial charge in [-0.15, -0.1) is 13.2 Å². The summed E-state index contributed by atoms with van der Waals surface area (Å²) in [5.41, 5.74) is 0.526. The van der Waals surface area contributed by atoms with E-state index in [0.717, 1.165) is 0 Å². The maximum absolute atomic E-state index is 8.81. The molecule has 0 aromatic carbocycles. The van der Waals surface area contributed by atoms with E-state index in [0.29, 0.717) is 24.8 Å². The van der Waals surface area contributed by atoms with Crippen LogP contribution in [-0.4, -0.2) is 23.2 Å². The Labute approximate surface area is 83.2 Å². The van der Waals surface area contributed by atoms with E-state index in [1.54, 1.807) is 12.2 Å². The highest BCUT2D eigenvalue weighted by Crippen LogP contribution is 2.13. The molecule has 0 aliphatic carbocycles. The molecule has 0 radical (unpaired) electrons. The number of aliphatic hydroxyl groups excluding tert-OH is 1. The number of hydrogen-bond acceptors (Lipinski definition) is 4. The highest BCUT2D eigenvalue weighted by molar-refractivity contribution is 5.29. The molecule has 1 rings (SSSR count). The number of aromatic nitrogens is 1. The Morgan fingerprint density at radius 1 is 1.43 bits per heavy atom. The van der Waals surface area contributed by atoms with Gasteiger partial charge in [-0.2, -0.15) is 4.98 Å². The summed E-state index contributed by atoms with van der Waals surface area (Å²) < 4.78 is 5.18.